The van der Waals surface area contributed by atoms with Crippen LogP contribution >= 0.6 is 0 Å². The molecule has 4 aliphatic rings. The summed E-state index contributed by atoms with van der Waals surface area (Å²) in [6.45, 7) is 10.5. The number of aromatic hydroxyl groups is 1. The summed E-state index contributed by atoms with van der Waals surface area (Å²) in [5.41, 5.74) is 17.6. The Kier molecular flexibility index (Phi) is 30.4. The number of aliphatic imine (C=N–C) groups is 1. The Morgan fingerprint density at radius 3 is 1.98 bits per heavy atom. The summed E-state index contributed by atoms with van der Waals surface area (Å²) >= 11 is 0. The second-order valence-electron chi connectivity index (χ2n) is 31.9. The van der Waals surface area contributed by atoms with E-state index in [1.165, 1.54) is 48.5 Å². The highest BCUT2D eigenvalue weighted by Gasteiger charge is 2.46. The van der Waals surface area contributed by atoms with E-state index < -0.39 is 110 Å². The van der Waals surface area contributed by atoms with Crippen molar-refractivity contribution in [2.24, 2.45) is 22.4 Å². The van der Waals surface area contributed by atoms with Gasteiger partial charge in [0, 0.05) is 79.2 Å². The monoisotopic (exact) mass is 1620 g/mol. The van der Waals surface area contributed by atoms with Crippen molar-refractivity contribution < 1.29 is 105 Å². The number of quaternary nitrogens is 2. The number of amides is 4. The van der Waals surface area contributed by atoms with Gasteiger partial charge in [0.15, 0.2) is 24.0 Å². The third kappa shape index (κ3) is 24.8. The summed E-state index contributed by atoms with van der Waals surface area (Å²) in [4.78, 5) is 101. The predicted octanol–water partition coefficient (Wildman–Crippen LogP) is 3.84. The van der Waals surface area contributed by atoms with Crippen LogP contribution in [0.25, 0.3) is 0 Å². The number of rotatable bonds is 32. The molecule has 0 saturated carbocycles. The van der Waals surface area contributed by atoms with E-state index >= 15 is 0 Å². The number of aryl methyl sites for hydroxylation is 1. The number of carbonyl (C=O) groups is 7. The summed E-state index contributed by atoms with van der Waals surface area (Å²) in [5.74, 6) is -5.51. The number of carboxylic acids is 1. The van der Waals surface area contributed by atoms with Crippen LogP contribution in [0, 0.1) is 5.92 Å². The van der Waals surface area contributed by atoms with E-state index in [1.807, 2.05) is 52.0 Å². The van der Waals surface area contributed by atoms with Gasteiger partial charge in [0.05, 0.1) is 96.0 Å². The molecule has 0 radical (unpaired) electrons. The maximum absolute atomic E-state index is 14.5. The number of halogens is 1. The fraction of sp³-hybridized carbons (Fsp3) is 0.487. The standard InChI is InChI=1S/C80H107N11O16S2.BrH/c1-79(2)62-48-60(108(101,102)103)35-37-67(62)88(42-16-44-90(5,6)7)70(79)39-28-54-19-14-20-55(29-40-71-80(3,4)63-49-61(109(104,105)106)36-38-68(63)89(71)43-17-45-91(8,9)10)74(54)107-59-33-26-52(27-34-59)23-30-57(92)21-13-11-12-18-56-47-69(94)65(46-53-24-31-58(93)32-25-53)87-77(100)66(50-73(96)97)85-72(95)51-84-76(99)64(86-75(56)98)22-15-41-83-78(81)82;/h24-29,31-40,48-49,56,64-66H,11-23,30,41-47,50-51H2,1-10H3,(H9-3,81,82,83,84,85,86,87,93,95,96,97,98,99,100,101,102,103,104,105,106);1H/t56-,64+,65-,66+;/m1./s1. The quantitative estimate of drug-likeness (QED) is 0.00859. The van der Waals surface area contributed by atoms with Gasteiger partial charge < -0.3 is 87.6 Å². The molecule has 4 aromatic rings. The highest BCUT2D eigenvalue weighted by Crippen LogP contribution is 2.49. The molecule has 110 heavy (non-hydrogen) atoms. The number of phenolic OH excluding ortho intramolecular Hbond substituents is 1. The van der Waals surface area contributed by atoms with Crippen LogP contribution in [0.4, 0.5) is 11.4 Å². The number of anilines is 1. The van der Waals surface area contributed by atoms with Crippen molar-refractivity contribution in [1.82, 2.24) is 21.3 Å². The number of guanidine groups is 1. The molecule has 27 nitrogen and oxygen atoms in total. The molecule has 0 spiro atoms. The number of carboxylic acid groups (broad SMARTS) is 1. The van der Waals surface area contributed by atoms with Gasteiger partial charge in [0.1, 0.15) is 55.4 Å². The third-order valence-electron chi connectivity index (χ3n) is 20.4. The molecular weight excluding hydrogens is 1510 g/mol. The Labute approximate surface area is 656 Å². The molecule has 598 valence electrons. The van der Waals surface area contributed by atoms with Gasteiger partial charge in [-0.25, -0.2) is 16.8 Å². The molecular formula is C80H108BrN11O16S2. The Bertz CT molecular complexity index is 4490. The van der Waals surface area contributed by atoms with Crippen molar-refractivity contribution >= 4 is 84.4 Å². The molecule has 1 fully saturated rings. The number of hydrogen-bond acceptors (Lipinski definition) is 17. The van der Waals surface area contributed by atoms with E-state index in [0.29, 0.717) is 68.7 Å². The fourth-order valence-corrected chi connectivity index (χ4v) is 15.4. The average molecular weight is 1620 g/mol. The molecule has 8 rings (SSSR count). The van der Waals surface area contributed by atoms with E-state index in [4.69, 9.17) is 16.2 Å². The van der Waals surface area contributed by atoms with E-state index in [1.54, 1.807) is 12.1 Å². The van der Waals surface area contributed by atoms with Crippen molar-refractivity contribution in [3.8, 4) is 11.5 Å². The van der Waals surface area contributed by atoms with Crippen LogP contribution in [0.2, 0.25) is 0 Å². The van der Waals surface area contributed by atoms with Crippen LogP contribution in [0.1, 0.15) is 146 Å². The highest BCUT2D eigenvalue weighted by molar-refractivity contribution is 7.86. The molecule has 0 unspecified atom stereocenters. The number of fused-ring (bicyclic) bond motifs is 2. The van der Waals surface area contributed by atoms with Gasteiger partial charge in [0.2, 0.25) is 29.3 Å². The number of phenols is 1. The van der Waals surface area contributed by atoms with Crippen LogP contribution in [-0.2, 0) is 77.5 Å². The minimum atomic E-state index is -4.77. The summed E-state index contributed by atoms with van der Waals surface area (Å²) in [6, 6.07) is 18.4. The number of allylic oxidation sites excluding steroid dienone is 7. The highest BCUT2D eigenvalue weighted by atomic mass is 79.9. The molecule has 10 N–H and O–H groups in total. The number of aliphatic carboxylic acids is 1. The number of hydrogen-bond donors (Lipinski definition) is 8. The molecule has 4 aromatic carbocycles. The summed E-state index contributed by atoms with van der Waals surface area (Å²) in [6.07, 6.45) is 13.0. The third-order valence-corrected chi connectivity index (χ3v) is 22.0. The normalized spacial score (nSPS) is 20.1. The van der Waals surface area contributed by atoms with Crippen molar-refractivity contribution in [3.63, 3.8) is 0 Å². The van der Waals surface area contributed by atoms with Crippen LogP contribution in [0.15, 0.2) is 147 Å². The lowest BCUT2D eigenvalue weighted by Gasteiger charge is -2.29. The molecule has 1 aliphatic carbocycles. The van der Waals surface area contributed by atoms with E-state index in [-0.39, 0.29) is 89.3 Å². The Hall–Kier alpha value is -8.91. The Morgan fingerprint density at radius 2 is 1.34 bits per heavy atom. The van der Waals surface area contributed by atoms with Gasteiger partial charge in [-0.3, -0.25) is 38.6 Å². The lowest BCUT2D eigenvalue weighted by Crippen LogP contribution is -3.00. The van der Waals surface area contributed by atoms with E-state index in [9.17, 15) is 69.7 Å². The minimum Gasteiger partial charge on any atom is -1.00 e. The van der Waals surface area contributed by atoms with Crippen molar-refractivity contribution in [2.75, 3.05) is 86.5 Å². The molecule has 1 saturated heterocycles. The first-order valence-corrected chi connectivity index (χ1v) is 40.0. The first-order chi connectivity index (χ1) is 51.1. The van der Waals surface area contributed by atoms with Crippen molar-refractivity contribution in [3.05, 3.63) is 154 Å². The lowest BCUT2D eigenvalue weighted by molar-refractivity contribution is -0.871. The molecule has 3 heterocycles. The van der Waals surface area contributed by atoms with Crippen LogP contribution in [-0.4, -0.2) is 202 Å². The van der Waals surface area contributed by atoms with Crippen LogP contribution in [0.3, 0.4) is 0 Å². The predicted molar refractivity (Wildman–Crippen MR) is 413 cm³/mol. The number of nitrogens with zero attached hydrogens (tertiary/aromatic N) is 5. The fourth-order valence-electron chi connectivity index (χ4n) is 14.4. The molecule has 30 heteroatoms. The molecule has 4 amide bonds. The topological polar surface area (TPSA) is 402 Å². The maximum atomic E-state index is 14.5. The number of nitrogens with one attached hydrogen (secondary N) is 4. The summed E-state index contributed by atoms with van der Waals surface area (Å²) in [5, 5.41) is 29.8. The van der Waals surface area contributed by atoms with Crippen LogP contribution < -0.4 is 59.4 Å². The van der Waals surface area contributed by atoms with Crippen LogP contribution in [0.5, 0.6) is 11.5 Å². The number of ether oxygens (including phenoxy) is 1. The number of unbranched alkanes of at least 4 members (excludes halogenated alkanes) is 2. The zero-order chi connectivity index (χ0) is 80.0. The van der Waals surface area contributed by atoms with Gasteiger partial charge in [0.25, 0.3) is 0 Å². The first kappa shape index (κ1) is 88.3. The summed E-state index contributed by atoms with van der Waals surface area (Å²) in [7, 11) is 3.22. The van der Waals surface area contributed by atoms with Gasteiger partial charge in [-0.05, 0) is 166 Å². The number of benzene rings is 4. The van der Waals surface area contributed by atoms with Crippen molar-refractivity contribution in [1.29, 1.82) is 0 Å². The number of ketones is 2. The van der Waals surface area contributed by atoms with Gasteiger partial charge >= 0.3 is 5.97 Å². The Morgan fingerprint density at radius 1 is 0.700 bits per heavy atom. The minimum absolute atomic E-state index is 0. The SMILES string of the molecule is CC1(C)C(/C=C/C2=C(Oc3ccc(CCC(=O)CCCCC[C@@H]4CC(=O)[C@@H](Cc5ccc(O)cc5)NC(=O)[C@H](CC(=O)O)NC(=O)CNC(=O)[C@H](CCCN=C(N)N)NC4=O)cc3)C(=C/C=C3/N(CCC[N+](C)(C)C)c4ccc(S(=O)(=O)[O-])cc4C3(C)C)/CCC2)=[N+](CCC[N+](C)(C)C)c2ccc(S(=O)(=O)[O-])cc21.[Br-]. The molecule has 0 aromatic heterocycles. The zero-order valence-corrected chi connectivity index (χ0v) is 67.9. The van der Waals surface area contributed by atoms with Gasteiger partial charge in [-0.2, -0.15) is 4.58 Å². The first-order valence-electron chi connectivity index (χ1n) is 37.2. The number of nitrogens with two attached hydrogens (primary N) is 2. The van der Waals surface area contributed by atoms with Crippen molar-refractivity contribution in [2.45, 2.75) is 176 Å². The second kappa shape index (κ2) is 37.9. The zero-order valence-electron chi connectivity index (χ0n) is 64.7. The molecule has 0 bridgehead atoms. The van der Waals surface area contributed by atoms with Gasteiger partial charge in [-0.1, -0.05) is 57.0 Å². The molecule has 3 aliphatic heterocycles. The Balaban J connectivity index is 0.0000168. The summed E-state index contributed by atoms with van der Waals surface area (Å²) < 4.78 is 85.4. The van der Waals surface area contributed by atoms with E-state index in [0.717, 1.165) is 91.9 Å². The molecule has 4 atom stereocenters. The second-order valence-corrected chi connectivity index (χ2v) is 34.6. The number of carbonyl (C=O) groups excluding carboxylic acids is 6. The number of Topliss-reactive ketones (excluding diaryl/α,β-unsaturated/α-hetero) is 2. The average Bonchev–Trinajstić information content (AvgIpc) is 1.59. The smallest absolute Gasteiger partial charge is 0.305 e. The largest absolute Gasteiger partial charge is 1.00 e. The van der Waals surface area contributed by atoms with E-state index in [2.05, 4.69) is 102 Å². The maximum Gasteiger partial charge on any atom is 0.305 e. The lowest BCUT2D eigenvalue weighted by atomic mass is 9.81. The van der Waals surface area contributed by atoms with Gasteiger partial charge in [-0.15, -0.1) is 0 Å².